The van der Waals surface area contributed by atoms with Crippen LogP contribution in [0, 0.1) is 11.6 Å². The fourth-order valence-electron chi connectivity index (χ4n) is 9.52. The minimum absolute atomic E-state index is 0.0266. The molecule has 0 bridgehead atoms. The Balaban J connectivity index is 0.795. The molecular weight excluding hydrogens is 755 g/mol. The second-order valence-corrected chi connectivity index (χ2v) is 16.3. The second kappa shape index (κ2) is 15.9. The number of anilines is 3. The highest BCUT2D eigenvalue weighted by Gasteiger charge is 2.54. The van der Waals surface area contributed by atoms with Crippen molar-refractivity contribution >= 4 is 23.1 Å². The molecule has 2 unspecified atom stereocenters. The molecule has 4 atom stereocenters. The van der Waals surface area contributed by atoms with Crippen LogP contribution in [0.25, 0.3) is 0 Å². The molecule has 5 aromatic rings. The van der Waals surface area contributed by atoms with Gasteiger partial charge in [0.05, 0.1) is 19.7 Å². The van der Waals surface area contributed by atoms with Crippen LogP contribution in [0.15, 0.2) is 104 Å². The molecular formula is C45H50F2N8O4. The number of rotatable bonds is 11. The molecule has 12 nitrogen and oxygen atoms in total. The highest BCUT2D eigenvalue weighted by atomic mass is 19.1. The summed E-state index contributed by atoms with van der Waals surface area (Å²) in [6.07, 6.45) is 5.18. The van der Waals surface area contributed by atoms with Crippen LogP contribution in [0.1, 0.15) is 49.3 Å². The molecule has 3 aliphatic heterocycles. The predicted octanol–water partition coefficient (Wildman–Crippen LogP) is 6.66. The van der Waals surface area contributed by atoms with Gasteiger partial charge >= 0.3 is 6.03 Å². The average molecular weight is 805 g/mol. The van der Waals surface area contributed by atoms with E-state index >= 15 is 0 Å². The summed E-state index contributed by atoms with van der Waals surface area (Å²) in [7, 11) is 0. The standard InChI is InChI=1S/C45H50F2N8O4/c1-31(2)55-43(56)54(27-45(55,48)39-9-5-7-32-6-3-4-8-38(32)39)36-13-11-34(12-14-36)51-20-22-52(23-21-51)35-15-17-37(18-16-35)57-25-42-58-28-44(59-42,26-53-30-49-29-50-53)40-19-10-33(46)24-41(40)47/h3-4,6,8,10-19,24,29-31,39,42H,5,7,9,20-23,25-28,48H2,1-2H3/t39?,42-,44+,45?/m0/s1. The number of fused-ring (bicyclic) bond motifs is 1. The average Bonchev–Trinajstić information content (AvgIpc) is 3.98. The lowest BCUT2D eigenvalue weighted by atomic mass is 9.75. The van der Waals surface area contributed by atoms with E-state index in [-0.39, 0.29) is 43.3 Å². The molecule has 14 heteroatoms. The van der Waals surface area contributed by atoms with E-state index in [4.69, 9.17) is 19.9 Å². The number of halogens is 2. The Hall–Kier alpha value is -5.57. The first-order valence-corrected chi connectivity index (χ1v) is 20.5. The van der Waals surface area contributed by atoms with Gasteiger partial charge < -0.3 is 34.6 Å². The zero-order valence-electron chi connectivity index (χ0n) is 33.4. The van der Waals surface area contributed by atoms with Gasteiger partial charge in [0.2, 0.25) is 0 Å². The summed E-state index contributed by atoms with van der Waals surface area (Å²) in [5.74, 6) is -0.679. The number of amides is 2. The van der Waals surface area contributed by atoms with Crippen LogP contribution < -0.4 is 25.2 Å². The molecule has 1 aliphatic carbocycles. The van der Waals surface area contributed by atoms with Crippen molar-refractivity contribution in [2.75, 3.05) is 60.6 Å². The largest absolute Gasteiger partial charge is 0.488 e. The molecule has 3 saturated heterocycles. The van der Waals surface area contributed by atoms with Gasteiger partial charge in [-0.1, -0.05) is 30.3 Å². The first-order valence-electron chi connectivity index (χ1n) is 20.5. The molecule has 308 valence electrons. The second-order valence-electron chi connectivity index (χ2n) is 16.3. The van der Waals surface area contributed by atoms with Crippen molar-refractivity contribution < 1.29 is 27.8 Å². The zero-order chi connectivity index (χ0) is 40.7. The summed E-state index contributed by atoms with van der Waals surface area (Å²) < 4.78 is 48.5. The summed E-state index contributed by atoms with van der Waals surface area (Å²) in [5, 5.41) is 4.15. The molecule has 2 N–H and O–H groups in total. The SMILES string of the molecule is CC(C)N1C(=O)N(c2ccc(N3CCN(c4ccc(OC[C@H]5OC[C@](Cn6cncn6)(c6ccc(F)cc6F)O5)cc4)CC3)cc2)CC1(N)C1CCCc2ccccc21. The van der Waals surface area contributed by atoms with E-state index in [0.29, 0.717) is 12.3 Å². The van der Waals surface area contributed by atoms with Crippen molar-refractivity contribution in [3.05, 3.63) is 132 Å². The maximum atomic E-state index is 15.0. The summed E-state index contributed by atoms with van der Waals surface area (Å²) in [5.41, 5.74) is 11.2. The lowest BCUT2D eigenvalue weighted by molar-refractivity contribution is -0.117. The molecule has 4 heterocycles. The fraction of sp³-hybridized carbons (Fsp3) is 0.400. The van der Waals surface area contributed by atoms with Gasteiger partial charge in [0.15, 0.2) is 6.29 Å². The van der Waals surface area contributed by atoms with E-state index in [2.05, 4.69) is 82.3 Å². The van der Waals surface area contributed by atoms with E-state index in [9.17, 15) is 13.6 Å². The molecule has 0 saturated carbocycles. The lowest BCUT2D eigenvalue weighted by Gasteiger charge is -2.44. The van der Waals surface area contributed by atoms with E-state index in [0.717, 1.165) is 68.6 Å². The third-order valence-corrected chi connectivity index (χ3v) is 12.3. The van der Waals surface area contributed by atoms with E-state index < -0.39 is 29.2 Å². The molecule has 59 heavy (non-hydrogen) atoms. The number of hydrogen-bond acceptors (Lipinski definition) is 9. The Morgan fingerprint density at radius 2 is 1.61 bits per heavy atom. The summed E-state index contributed by atoms with van der Waals surface area (Å²) in [6.45, 7) is 8.14. The van der Waals surface area contributed by atoms with Crippen LogP contribution in [0.4, 0.5) is 30.6 Å². The number of urea groups is 1. The number of piperazine rings is 1. The third kappa shape index (κ3) is 7.49. The van der Waals surface area contributed by atoms with Crippen LogP contribution in [-0.2, 0) is 28.0 Å². The molecule has 4 aromatic carbocycles. The number of nitrogens with two attached hydrogens (primary N) is 1. The van der Waals surface area contributed by atoms with Gasteiger partial charge in [-0.05, 0) is 98.8 Å². The summed E-state index contributed by atoms with van der Waals surface area (Å²) >= 11 is 0. The molecule has 0 spiro atoms. The van der Waals surface area contributed by atoms with Crippen LogP contribution >= 0.6 is 0 Å². The maximum absolute atomic E-state index is 15.0. The van der Waals surface area contributed by atoms with Gasteiger partial charge in [-0.15, -0.1) is 0 Å². The minimum atomic E-state index is -1.24. The number of carbonyl (C=O) groups is 1. The number of ether oxygens (including phenoxy) is 3. The molecule has 1 aromatic heterocycles. The minimum Gasteiger partial charge on any atom is -0.488 e. The highest BCUT2D eigenvalue weighted by Crippen LogP contribution is 2.45. The number of aromatic nitrogens is 3. The molecule has 4 aliphatic rings. The Bertz CT molecular complexity index is 2250. The molecule has 9 rings (SSSR count). The summed E-state index contributed by atoms with van der Waals surface area (Å²) in [4.78, 5) is 26.5. The van der Waals surface area contributed by atoms with Crippen LogP contribution in [0.3, 0.4) is 0 Å². The van der Waals surface area contributed by atoms with Crippen molar-refractivity contribution in [1.82, 2.24) is 19.7 Å². The van der Waals surface area contributed by atoms with Gasteiger partial charge in [-0.3, -0.25) is 4.90 Å². The predicted molar refractivity (Wildman–Crippen MR) is 220 cm³/mol. The van der Waals surface area contributed by atoms with Crippen LogP contribution in [0.2, 0.25) is 0 Å². The monoisotopic (exact) mass is 804 g/mol. The van der Waals surface area contributed by atoms with E-state index in [1.165, 1.54) is 40.6 Å². The zero-order valence-corrected chi connectivity index (χ0v) is 33.4. The fourth-order valence-corrected chi connectivity index (χ4v) is 9.52. The number of aryl methyl sites for hydroxylation is 1. The number of nitrogens with zero attached hydrogens (tertiary/aromatic N) is 7. The smallest absolute Gasteiger partial charge is 0.326 e. The van der Waals surface area contributed by atoms with Crippen molar-refractivity contribution in [3.63, 3.8) is 0 Å². The normalized spacial score (nSPS) is 24.6. The molecule has 0 radical (unpaired) electrons. The van der Waals surface area contributed by atoms with Crippen LogP contribution in [0.5, 0.6) is 5.75 Å². The molecule has 3 fully saturated rings. The van der Waals surface area contributed by atoms with E-state index in [1.54, 1.807) is 0 Å². The van der Waals surface area contributed by atoms with E-state index in [1.807, 2.05) is 34.1 Å². The third-order valence-electron chi connectivity index (χ3n) is 12.3. The first kappa shape index (κ1) is 38.9. The first-order chi connectivity index (χ1) is 28.6. The van der Waals surface area contributed by atoms with Gasteiger partial charge in [0.25, 0.3) is 0 Å². The Morgan fingerprint density at radius 1 is 0.915 bits per heavy atom. The van der Waals surface area contributed by atoms with Gasteiger partial charge in [-0.25, -0.2) is 23.2 Å². The van der Waals surface area contributed by atoms with Crippen molar-refractivity contribution in [3.8, 4) is 5.75 Å². The maximum Gasteiger partial charge on any atom is 0.326 e. The topological polar surface area (TPSA) is 114 Å². The van der Waals surface area contributed by atoms with Gasteiger partial charge in [0, 0.05) is 66.8 Å². The Labute approximate surface area is 343 Å². The number of carbonyl (C=O) groups excluding carboxylic acids is 1. The van der Waals surface area contributed by atoms with Crippen LogP contribution in [-0.4, -0.2) is 89.6 Å². The van der Waals surface area contributed by atoms with Gasteiger partial charge in [-0.2, -0.15) is 5.10 Å². The van der Waals surface area contributed by atoms with Crippen molar-refractivity contribution in [1.29, 1.82) is 0 Å². The number of benzene rings is 4. The lowest BCUT2D eigenvalue weighted by Crippen LogP contribution is -2.61. The molecule has 2 amide bonds. The summed E-state index contributed by atoms with van der Waals surface area (Å²) in [6, 6.07) is 28.2. The van der Waals surface area contributed by atoms with Gasteiger partial charge in [0.1, 0.15) is 47.9 Å². The van der Waals surface area contributed by atoms with Crippen molar-refractivity contribution in [2.45, 2.75) is 69.2 Å². The highest BCUT2D eigenvalue weighted by molar-refractivity contribution is 5.96. The van der Waals surface area contributed by atoms with Crippen molar-refractivity contribution in [2.24, 2.45) is 5.73 Å². The quantitative estimate of drug-likeness (QED) is 0.157. The number of hydrogen-bond donors (Lipinski definition) is 1. The Kier molecular flexibility index (Phi) is 10.5. The Morgan fingerprint density at radius 3 is 2.29 bits per heavy atom.